The first-order valence-electron chi connectivity index (χ1n) is 9.05. The average molecular weight is 378 g/mol. The summed E-state index contributed by atoms with van der Waals surface area (Å²) >= 11 is 6.11. The van der Waals surface area contributed by atoms with Gasteiger partial charge in [0.1, 0.15) is 11.6 Å². The molecule has 1 amide bonds. The number of rotatable bonds is 3. The molecule has 0 bridgehead atoms. The molecule has 0 unspecified atom stereocenters. The Hall–Kier alpha value is -1.92. The van der Waals surface area contributed by atoms with Crippen LogP contribution >= 0.6 is 11.6 Å². The average Bonchev–Trinajstić information content (AvgIpc) is 3.09. The Labute approximate surface area is 156 Å². The zero-order valence-corrected chi connectivity index (χ0v) is 15.3. The molecule has 5 nitrogen and oxygen atoms in total. The first-order chi connectivity index (χ1) is 12.6. The van der Waals surface area contributed by atoms with E-state index in [4.69, 9.17) is 16.1 Å². The summed E-state index contributed by atoms with van der Waals surface area (Å²) in [6, 6.07) is 4.73. The number of carbonyl (C=O) groups excluding carboxylic acids is 1. The number of benzene rings is 1. The number of carbonyl (C=O) groups is 1. The van der Waals surface area contributed by atoms with Crippen molar-refractivity contribution in [1.29, 1.82) is 0 Å². The smallest absolute Gasteiger partial charge is 0.276 e. The molecule has 1 aliphatic heterocycles. The summed E-state index contributed by atoms with van der Waals surface area (Å²) in [4.78, 5) is 16.7. The molecule has 0 atom stereocenters. The molecule has 2 aliphatic rings. The number of hydrogen-bond donors (Lipinski definition) is 0. The van der Waals surface area contributed by atoms with E-state index >= 15 is 0 Å². The molecule has 0 N–H and O–H groups in total. The number of aromatic nitrogens is 1. The van der Waals surface area contributed by atoms with Gasteiger partial charge in [-0.3, -0.25) is 9.69 Å². The minimum absolute atomic E-state index is 0.0551. The van der Waals surface area contributed by atoms with Crippen LogP contribution in [0.5, 0.6) is 0 Å². The second-order valence-electron chi connectivity index (χ2n) is 6.91. The van der Waals surface area contributed by atoms with E-state index in [1.807, 2.05) is 4.90 Å². The third-order valence-corrected chi connectivity index (χ3v) is 5.61. The molecular formula is C19H21ClFN3O2. The standard InChI is InChI=1S/C19H21ClFN3O2/c20-15-5-3-6-16(21)14(15)12-23-8-10-24(11-9-23)19(25)18-13-4-1-2-7-17(13)26-22-18/h3,5-6H,1-2,4,7-12H2. The molecule has 1 fully saturated rings. The number of halogens is 2. The summed E-state index contributed by atoms with van der Waals surface area (Å²) in [5.74, 6) is 0.526. The van der Waals surface area contributed by atoms with Crippen LogP contribution in [0.4, 0.5) is 4.39 Å². The van der Waals surface area contributed by atoms with E-state index in [2.05, 4.69) is 10.1 Å². The van der Waals surface area contributed by atoms with E-state index in [9.17, 15) is 9.18 Å². The third kappa shape index (κ3) is 3.35. The third-order valence-electron chi connectivity index (χ3n) is 5.26. The van der Waals surface area contributed by atoms with Crippen LogP contribution < -0.4 is 0 Å². The first kappa shape index (κ1) is 17.5. The van der Waals surface area contributed by atoms with Gasteiger partial charge >= 0.3 is 0 Å². The predicted octanol–water partition coefficient (Wildman–Crippen LogP) is 3.30. The van der Waals surface area contributed by atoms with Crippen molar-refractivity contribution in [2.75, 3.05) is 26.2 Å². The zero-order valence-electron chi connectivity index (χ0n) is 14.5. The first-order valence-corrected chi connectivity index (χ1v) is 9.43. The normalized spacial score (nSPS) is 18.0. The molecule has 0 saturated carbocycles. The SMILES string of the molecule is O=C(c1noc2c1CCCC2)N1CCN(Cc2c(F)cccc2Cl)CC1. The van der Waals surface area contributed by atoms with E-state index in [1.54, 1.807) is 12.1 Å². The monoisotopic (exact) mass is 377 g/mol. The highest BCUT2D eigenvalue weighted by Gasteiger charge is 2.29. The summed E-state index contributed by atoms with van der Waals surface area (Å²) in [6.45, 7) is 2.98. The summed E-state index contributed by atoms with van der Waals surface area (Å²) in [6.07, 6.45) is 3.90. The molecule has 2 aromatic rings. The largest absolute Gasteiger partial charge is 0.360 e. The van der Waals surface area contributed by atoms with E-state index in [0.717, 1.165) is 37.0 Å². The molecule has 2 heterocycles. The Kier molecular flexibility index (Phi) is 4.96. The highest BCUT2D eigenvalue weighted by Crippen LogP contribution is 2.26. The highest BCUT2D eigenvalue weighted by atomic mass is 35.5. The summed E-state index contributed by atoms with van der Waals surface area (Å²) in [5.41, 5.74) is 1.98. The molecule has 138 valence electrons. The summed E-state index contributed by atoms with van der Waals surface area (Å²) in [5, 5.41) is 4.48. The molecular weight excluding hydrogens is 357 g/mol. The minimum atomic E-state index is -0.287. The van der Waals surface area contributed by atoms with Crippen molar-refractivity contribution in [3.8, 4) is 0 Å². The quantitative estimate of drug-likeness (QED) is 0.823. The Balaban J connectivity index is 1.39. The van der Waals surface area contributed by atoms with Gasteiger partial charge in [0, 0.05) is 55.3 Å². The number of amides is 1. The number of fused-ring (bicyclic) bond motifs is 1. The second kappa shape index (κ2) is 7.37. The second-order valence-corrected chi connectivity index (χ2v) is 7.32. The van der Waals surface area contributed by atoms with Gasteiger partial charge in [0.15, 0.2) is 5.69 Å². The topological polar surface area (TPSA) is 49.6 Å². The van der Waals surface area contributed by atoms with Gasteiger partial charge in [-0.2, -0.15) is 0 Å². The minimum Gasteiger partial charge on any atom is -0.360 e. The Bertz CT molecular complexity index is 795. The van der Waals surface area contributed by atoms with Gasteiger partial charge in [0.2, 0.25) is 0 Å². The van der Waals surface area contributed by atoms with Crippen molar-refractivity contribution >= 4 is 17.5 Å². The van der Waals surface area contributed by atoms with Crippen molar-refractivity contribution in [2.24, 2.45) is 0 Å². The molecule has 0 spiro atoms. The maximum absolute atomic E-state index is 14.0. The molecule has 0 radical (unpaired) electrons. The van der Waals surface area contributed by atoms with Gasteiger partial charge in [-0.25, -0.2) is 4.39 Å². The lowest BCUT2D eigenvalue weighted by atomic mass is 9.96. The van der Waals surface area contributed by atoms with Crippen LogP contribution in [-0.4, -0.2) is 47.0 Å². The van der Waals surface area contributed by atoms with Crippen molar-refractivity contribution in [3.05, 3.63) is 51.6 Å². The van der Waals surface area contributed by atoms with Crippen molar-refractivity contribution < 1.29 is 13.7 Å². The van der Waals surface area contributed by atoms with Crippen LogP contribution in [0.15, 0.2) is 22.7 Å². The summed E-state index contributed by atoms with van der Waals surface area (Å²) < 4.78 is 19.3. The fourth-order valence-electron chi connectivity index (χ4n) is 3.72. The van der Waals surface area contributed by atoms with Gasteiger partial charge in [0.25, 0.3) is 5.91 Å². The van der Waals surface area contributed by atoms with Crippen LogP contribution in [0.3, 0.4) is 0 Å². The maximum Gasteiger partial charge on any atom is 0.276 e. The lowest BCUT2D eigenvalue weighted by molar-refractivity contribution is 0.0616. The van der Waals surface area contributed by atoms with Crippen LogP contribution in [0, 0.1) is 5.82 Å². The molecule has 4 rings (SSSR count). The van der Waals surface area contributed by atoms with Crippen LogP contribution in [0.2, 0.25) is 5.02 Å². The van der Waals surface area contributed by atoms with Crippen LogP contribution in [0.1, 0.15) is 40.2 Å². The maximum atomic E-state index is 14.0. The Morgan fingerprint density at radius 1 is 1.19 bits per heavy atom. The lowest BCUT2D eigenvalue weighted by Crippen LogP contribution is -2.48. The molecule has 7 heteroatoms. The van der Waals surface area contributed by atoms with Crippen molar-refractivity contribution in [1.82, 2.24) is 15.0 Å². The van der Waals surface area contributed by atoms with Gasteiger partial charge in [-0.1, -0.05) is 22.8 Å². The lowest BCUT2D eigenvalue weighted by Gasteiger charge is -2.34. The van der Waals surface area contributed by atoms with Crippen molar-refractivity contribution in [2.45, 2.75) is 32.2 Å². The molecule has 26 heavy (non-hydrogen) atoms. The van der Waals surface area contributed by atoms with Gasteiger partial charge in [-0.05, 0) is 31.4 Å². The number of aryl methyl sites for hydroxylation is 1. The van der Waals surface area contributed by atoms with Crippen LogP contribution in [-0.2, 0) is 19.4 Å². The van der Waals surface area contributed by atoms with Gasteiger partial charge < -0.3 is 9.42 Å². The number of nitrogens with zero attached hydrogens (tertiary/aromatic N) is 3. The zero-order chi connectivity index (χ0) is 18.1. The Morgan fingerprint density at radius 3 is 2.73 bits per heavy atom. The molecule has 1 aromatic heterocycles. The van der Waals surface area contributed by atoms with E-state index in [-0.39, 0.29) is 11.7 Å². The van der Waals surface area contributed by atoms with Gasteiger partial charge in [-0.15, -0.1) is 0 Å². The van der Waals surface area contributed by atoms with E-state index < -0.39 is 0 Å². The van der Waals surface area contributed by atoms with Crippen LogP contribution in [0.25, 0.3) is 0 Å². The number of piperazine rings is 1. The summed E-state index contributed by atoms with van der Waals surface area (Å²) in [7, 11) is 0. The molecule has 1 aromatic carbocycles. The van der Waals surface area contributed by atoms with Gasteiger partial charge in [0.05, 0.1) is 0 Å². The highest BCUT2D eigenvalue weighted by molar-refractivity contribution is 6.31. The van der Waals surface area contributed by atoms with E-state index in [1.165, 1.54) is 6.07 Å². The number of hydrogen-bond acceptors (Lipinski definition) is 4. The molecule has 1 saturated heterocycles. The fraction of sp³-hybridized carbons (Fsp3) is 0.474. The molecule has 1 aliphatic carbocycles. The Morgan fingerprint density at radius 2 is 1.96 bits per heavy atom. The predicted molar refractivity (Wildman–Crippen MR) is 95.7 cm³/mol. The fourth-order valence-corrected chi connectivity index (χ4v) is 3.94. The van der Waals surface area contributed by atoms with Crippen molar-refractivity contribution in [3.63, 3.8) is 0 Å². The van der Waals surface area contributed by atoms with E-state index in [0.29, 0.717) is 49.0 Å².